The van der Waals surface area contributed by atoms with Gasteiger partial charge in [-0.1, -0.05) is 6.07 Å². The molecule has 9 nitrogen and oxygen atoms in total. The maximum atomic E-state index is 13.0. The highest BCUT2D eigenvalue weighted by molar-refractivity contribution is 7.18. The van der Waals surface area contributed by atoms with Crippen LogP contribution < -0.4 is 16.0 Å². The number of aryl methyl sites for hydroxylation is 2. The van der Waals surface area contributed by atoms with E-state index < -0.39 is 12.6 Å². The van der Waals surface area contributed by atoms with E-state index in [1.165, 1.54) is 11.1 Å². The van der Waals surface area contributed by atoms with E-state index in [9.17, 15) is 23.2 Å². The topological polar surface area (TPSA) is 111 Å². The van der Waals surface area contributed by atoms with Crippen molar-refractivity contribution in [1.29, 1.82) is 5.26 Å². The van der Waals surface area contributed by atoms with Gasteiger partial charge in [0.1, 0.15) is 22.4 Å². The van der Waals surface area contributed by atoms with E-state index >= 15 is 0 Å². The lowest BCUT2D eigenvalue weighted by molar-refractivity contribution is -0.126. The van der Waals surface area contributed by atoms with E-state index in [1.54, 1.807) is 13.1 Å². The predicted octanol–water partition coefficient (Wildman–Crippen LogP) is 5.97. The lowest BCUT2D eigenvalue weighted by Gasteiger charge is -2.33. The van der Waals surface area contributed by atoms with Crippen LogP contribution in [0.25, 0.3) is 21.1 Å². The van der Waals surface area contributed by atoms with E-state index in [2.05, 4.69) is 60.5 Å². The number of benzene rings is 1. The molecule has 1 aromatic carbocycles. The second-order valence-corrected chi connectivity index (χ2v) is 13.3. The zero-order chi connectivity index (χ0) is 31.7. The van der Waals surface area contributed by atoms with Crippen molar-refractivity contribution in [2.75, 3.05) is 37.3 Å². The Balaban J connectivity index is 1.10. The molecule has 2 aliphatic heterocycles. The van der Waals surface area contributed by atoms with Gasteiger partial charge in [0.15, 0.2) is 0 Å². The van der Waals surface area contributed by atoms with Gasteiger partial charge in [-0.15, -0.1) is 11.3 Å². The number of amides is 1. The van der Waals surface area contributed by atoms with E-state index in [0.717, 1.165) is 74.1 Å². The molecule has 0 spiro atoms. The average molecular weight is 639 g/mol. The summed E-state index contributed by atoms with van der Waals surface area (Å²) in [5.74, 6) is 1.49. The predicted molar refractivity (Wildman–Crippen MR) is 170 cm³/mol. The van der Waals surface area contributed by atoms with Crippen LogP contribution in [0.15, 0.2) is 24.3 Å². The molecule has 1 unspecified atom stereocenters. The monoisotopic (exact) mass is 638 g/mol. The summed E-state index contributed by atoms with van der Waals surface area (Å²) in [5, 5.41) is 21.0. The number of carbonyl (C=O) groups excluding carboxylic acids is 1. The number of carbonyl (C=O) groups is 1. The molecule has 238 valence electrons. The molecule has 45 heavy (non-hydrogen) atoms. The van der Waals surface area contributed by atoms with Crippen molar-refractivity contribution in [1.82, 2.24) is 24.8 Å². The summed E-state index contributed by atoms with van der Waals surface area (Å²) < 4.78 is 41.2. The number of aromatic nitrogens is 3. The first kappa shape index (κ1) is 31.1. The number of thiophene rings is 1. The van der Waals surface area contributed by atoms with Gasteiger partial charge < -0.3 is 20.5 Å². The Morgan fingerprint density at radius 1 is 1.16 bits per heavy atom. The number of likely N-dealkylation sites (tertiary alicyclic amines) is 1. The van der Waals surface area contributed by atoms with Gasteiger partial charge in [0, 0.05) is 68.0 Å². The third-order valence-corrected chi connectivity index (χ3v) is 10.1. The molecule has 4 aromatic rings. The van der Waals surface area contributed by atoms with Crippen LogP contribution in [0.2, 0.25) is 0 Å². The third-order valence-electron chi connectivity index (χ3n) is 9.07. The van der Waals surface area contributed by atoms with Crippen LogP contribution in [-0.4, -0.2) is 64.2 Å². The molecule has 0 radical (unpaired) electrons. The quantitative estimate of drug-likeness (QED) is 0.207. The molecule has 2 saturated heterocycles. The van der Waals surface area contributed by atoms with E-state index in [1.807, 2.05) is 6.07 Å². The third kappa shape index (κ3) is 7.02. The minimum atomic E-state index is -4.28. The van der Waals surface area contributed by atoms with Crippen molar-refractivity contribution in [3.8, 4) is 6.07 Å². The normalized spacial score (nSPS) is 18.3. The van der Waals surface area contributed by atoms with Crippen molar-refractivity contribution >= 4 is 50.1 Å². The number of hydrogen-bond acceptors (Lipinski definition) is 8. The van der Waals surface area contributed by atoms with E-state index in [-0.39, 0.29) is 16.8 Å². The highest BCUT2D eigenvalue weighted by atomic mass is 32.1. The Morgan fingerprint density at radius 3 is 2.64 bits per heavy atom. The Morgan fingerprint density at radius 2 is 1.96 bits per heavy atom. The Bertz CT molecular complexity index is 1740. The first-order chi connectivity index (χ1) is 21.6. The molecule has 0 aliphatic carbocycles. The minimum Gasteiger partial charge on any atom is -0.367 e. The summed E-state index contributed by atoms with van der Waals surface area (Å²) in [6.45, 7) is 6.11. The average Bonchev–Trinajstić information content (AvgIpc) is 3.59. The highest BCUT2D eigenvalue weighted by Crippen LogP contribution is 2.35. The second kappa shape index (κ2) is 12.8. The van der Waals surface area contributed by atoms with Gasteiger partial charge in [-0.25, -0.2) is 4.98 Å². The zero-order valence-corrected chi connectivity index (χ0v) is 26.2. The minimum absolute atomic E-state index is 0.120. The molecular formula is C32H37F3N8OS. The highest BCUT2D eigenvalue weighted by Gasteiger charge is 2.30. The van der Waals surface area contributed by atoms with Gasteiger partial charge in [0.05, 0.1) is 11.8 Å². The number of piperidine rings is 2. The summed E-state index contributed by atoms with van der Waals surface area (Å²) in [6, 6.07) is 10.4. The van der Waals surface area contributed by atoms with Gasteiger partial charge in [-0.05, 0) is 67.9 Å². The maximum Gasteiger partial charge on any atom is 0.393 e. The second-order valence-electron chi connectivity index (χ2n) is 12.1. The SMILES string of the molecule is CNc1nc(NC2CCN(Cc3ccc4c(cc(C#N)n4CCC4CCC(=O)NC4)c3C)CC2)c2cc(CC(F)(F)F)sc2n1. The molecule has 2 aliphatic rings. The summed E-state index contributed by atoms with van der Waals surface area (Å²) in [4.78, 5) is 23.6. The first-order valence-electron chi connectivity index (χ1n) is 15.4. The molecule has 3 N–H and O–H groups in total. The van der Waals surface area contributed by atoms with Crippen LogP contribution in [-0.2, 0) is 24.3 Å². The number of fused-ring (bicyclic) bond motifs is 2. The van der Waals surface area contributed by atoms with Crippen LogP contribution in [0.4, 0.5) is 24.9 Å². The molecular weight excluding hydrogens is 601 g/mol. The van der Waals surface area contributed by atoms with Crippen molar-refractivity contribution in [2.45, 2.75) is 70.8 Å². The summed E-state index contributed by atoms with van der Waals surface area (Å²) in [6.07, 6.45) is -1.13. The maximum absolute atomic E-state index is 13.0. The molecule has 1 amide bonds. The summed E-state index contributed by atoms with van der Waals surface area (Å²) in [5.41, 5.74) is 4.15. The Labute approximate surface area is 263 Å². The lowest BCUT2D eigenvalue weighted by atomic mass is 9.96. The number of hydrogen-bond donors (Lipinski definition) is 3. The number of rotatable bonds is 9. The van der Waals surface area contributed by atoms with Crippen molar-refractivity contribution in [2.24, 2.45) is 5.92 Å². The molecule has 2 fully saturated rings. The molecule has 1 atom stereocenters. The molecule has 3 aromatic heterocycles. The summed E-state index contributed by atoms with van der Waals surface area (Å²) >= 11 is 1.05. The summed E-state index contributed by atoms with van der Waals surface area (Å²) in [7, 11) is 1.70. The number of alkyl halides is 3. The fourth-order valence-electron chi connectivity index (χ4n) is 6.52. The Hall–Kier alpha value is -3.89. The fraction of sp³-hybridized carbons (Fsp3) is 0.500. The smallest absolute Gasteiger partial charge is 0.367 e. The number of nitriles is 1. The largest absolute Gasteiger partial charge is 0.393 e. The number of nitrogens with zero attached hydrogens (tertiary/aromatic N) is 5. The number of halogens is 3. The van der Waals surface area contributed by atoms with Gasteiger partial charge in [0.2, 0.25) is 11.9 Å². The first-order valence-corrected chi connectivity index (χ1v) is 16.2. The van der Waals surface area contributed by atoms with Crippen molar-refractivity contribution in [3.63, 3.8) is 0 Å². The van der Waals surface area contributed by atoms with Crippen LogP contribution >= 0.6 is 11.3 Å². The van der Waals surface area contributed by atoms with E-state index in [0.29, 0.717) is 46.6 Å². The van der Waals surface area contributed by atoms with Gasteiger partial charge in [-0.3, -0.25) is 9.69 Å². The number of nitrogens with one attached hydrogen (secondary N) is 3. The van der Waals surface area contributed by atoms with Crippen LogP contribution in [0.1, 0.15) is 53.8 Å². The van der Waals surface area contributed by atoms with Gasteiger partial charge in [-0.2, -0.15) is 23.4 Å². The molecule has 6 rings (SSSR count). The van der Waals surface area contributed by atoms with Crippen LogP contribution in [0, 0.1) is 24.2 Å². The molecule has 0 bridgehead atoms. The standard InChI is InChI=1S/C32H37F3N8OS/c1-19-21(4-5-27-25(19)13-23(16-36)43(27)12-7-20-3-6-28(44)38-17-20)18-42-10-8-22(9-11-42)39-29-26-14-24(15-32(33,34)35)45-30(26)41-31(37-2)40-29/h4-5,13-14,20,22H,3,6-12,15,17-18H2,1-2H3,(H,38,44)(H2,37,39,40,41). The van der Waals surface area contributed by atoms with Gasteiger partial charge >= 0.3 is 6.18 Å². The molecule has 5 heterocycles. The van der Waals surface area contributed by atoms with Crippen molar-refractivity contribution in [3.05, 3.63) is 46.0 Å². The van der Waals surface area contributed by atoms with Gasteiger partial charge in [0.25, 0.3) is 0 Å². The van der Waals surface area contributed by atoms with Crippen molar-refractivity contribution < 1.29 is 18.0 Å². The van der Waals surface area contributed by atoms with E-state index in [4.69, 9.17) is 0 Å². The molecule has 0 saturated carbocycles. The fourth-order valence-corrected chi connectivity index (χ4v) is 7.57. The van der Waals surface area contributed by atoms with Crippen LogP contribution in [0.3, 0.4) is 0 Å². The lowest BCUT2D eigenvalue weighted by Crippen LogP contribution is -2.39. The zero-order valence-electron chi connectivity index (χ0n) is 25.4. The molecule has 13 heteroatoms. The van der Waals surface area contributed by atoms with Crippen LogP contribution in [0.5, 0.6) is 0 Å². The number of anilines is 2. The Kier molecular flexibility index (Phi) is 8.88.